The van der Waals surface area contributed by atoms with E-state index in [1.54, 1.807) is 36.7 Å². The van der Waals surface area contributed by atoms with Gasteiger partial charge >= 0.3 is 0 Å². The van der Waals surface area contributed by atoms with E-state index in [1.165, 1.54) is 12.1 Å². The number of halogens is 2. The molecule has 1 aromatic carbocycles. The smallest absolute Gasteiger partial charge is 0.243 e. The van der Waals surface area contributed by atoms with E-state index in [4.69, 9.17) is 28.2 Å². The lowest BCUT2D eigenvalue weighted by Gasteiger charge is -2.15. The van der Waals surface area contributed by atoms with Crippen LogP contribution in [-0.4, -0.2) is 42.4 Å². The van der Waals surface area contributed by atoms with Crippen molar-refractivity contribution in [2.24, 2.45) is 0 Å². The molecule has 0 aliphatic rings. The minimum Gasteiger partial charge on any atom is -0.351 e. The van der Waals surface area contributed by atoms with Crippen LogP contribution in [0, 0.1) is 0 Å². The van der Waals surface area contributed by atoms with E-state index in [1.807, 2.05) is 24.3 Å². The first-order chi connectivity index (χ1) is 17.8. The number of rotatable bonds is 9. The average molecular weight is 554 g/mol. The van der Waals surface area contributed by atoms with E-state index in [9.17, 15) is 13.2 Å². The van der Waals surface area contributed by atoms with Crippen LogP contribution in [0.1, 0.15) is 0 Å². The van der Waals surface area contributed by atoms with Gasteiger partial charge in [-0.25, -0.2) is 18.1 Å². The zero-order chi connectivity index (χ0) is 26.4. The van der Waals surface area contributed by atoms with Crippen molar-refractivity contribution in [1.82, 2.24) is 25.0 Å². The molecule has 1 amide bonds. The number of carbonyl (C=O) groups is 1. The summed E-state index contributed by atoms with van der Waals surface area (Å²) in [5.74, 6) is -0.406. The van der Waals surface area contributed by atoms with Crippen LogP contribution in [0.2, 0.25) is 10.0 Å². The molecule has 0 aliphatic heterocycles. The summed E-state index contributed by atoms with van der Waals surface area (Å²) in [6, 6.07) is 17.2. The Kier molecular flexibility index (Phi) is 8.30. The Morgan fingerprint density at radius 1 is 0.892 bits per heavy atom. The Bertz CT molecular complexity index is 1490. The van der Waals surface area contributed by atoms with Crippen LogP contribution in [0.25, 0.3) is 33.9 Å². The molecule has 2 N–H and O–H groups in total. The quantitative estimate of drug-likeness (QED) is 0.228. The van der Waals surface area contributed by atoms with Crippen molar-refractivity contribution in [2.75, 3.05) is 13.1 Å². The second-order valence-electron chi connectivity index (χ2n) is 7.68. The van der Waals surface area contributed by atoms with Gasteiger partial charge in [0.05, 0.1) is 27.8 Å². The number of hydrogen-bond donors (Lipinski definition) is 2. The number of amides is 1. The first-order valence-corrected chi connectivity index (χ1v) is 13.3. The van der Waals surface area contributed by atoms with E-state index in [0.29, 0.717) is 33.9 Å². The van der Waals surface area contributed by atoms with Crippen molar-refractivity contribution in [2.45, 2.75) is 4.90 Å². The Morgan fingerprint density at radius 2 is 1.51 bits per heavy atom. The van der Waals surface area contributed by atoms with Gasteiger partial charge in [-0.05, 0) is 60.2 Å². The minimum absolute atomic E-state index is 0.0426. The van der Waals surface area contributed by atoms with Gasteiger partial charge in [-0.2, -0.15) is 0 Å². The van der Waals surface area contributed by atoms with Gasteiger partial charge in [-0.3, -0.25) is 14.8 Å². The zero-order valence-electron chi connectivity index (χ0n) is 19.4. The van der Waals surface area contributed by atoms with Crippen molar-refractivity contribution in [3.05, 3.63) is 95.8 Å². The van der Waals surface area contributed by atoms with Gasteiger partial charge in [0, 0.05) is 36.1 Å². The number of sulfonamides is 1. The average Bonchev–Trinajstić information content (AvgIpc) is 2.91. The van der Waals surface area contributed by atoms with Gasteiger partial charge in [0.2, 0.25) is 15.9 Å². The Hall–Kier alpha value is -3.63. The second-order valence-corrected chi connectivity index (χ2v) is 10.2. The maximum atomic E-state index is 13.0. The highest BCUT2D eigenvalue weighted by molar-refractivity contribution is 7.89. The predicted molar refractivity (Wildman–Crippen MR) is 145 cm³/mol. The largest absolute Gasteiger partial charge is 0.351 e. The van der Waals surface area contributed by atoms with Crippen molar-refractivity contribution < 1.29 is 13.2 Å². The molecular weight excluding hydrogens is 533 g/mol. The molecule has 4 rings (SSSR count). The van der Waals surface area contributed by atoms with Crippen LogP contribution in [0.3, 0.4) is 0 Å². The maximum Gasteiger partial charge on any atom is 0.243 e. The number of nitrogens with one attached hydrogen (secondary N) is 2. The monoisotopic (exact) mass is 553 g/mol. The third kappa shape index (κ3) is 6.20. The lowest BCUT2D eigenvalue weighted by molar-refractivity contribution is -0.116. The Balaban J connectivity index is 1.79. The van der Waals surface area contributed by atoms with E-state index < -0.39 is 15.9 Å². The molecule has 0 unspecified atom stereocenters. The van der Waals surface area contributed by atoms with Gasteiger partial charge < -0.3 is 5.32 Å². The molecule has 0 aliphatic carbocycles. The van der Waals surface area contributed by atoms with Crippen LogP contribution in [0.4, 0.5) is 0 Å². The van der Waals surface area contributed by atoms with Crippen LogP contribution < -0.4 is 10.0 Å². The molecule has 0 bridgehead atoms. The van der Waals surface area contributed by atoms with E-state index >= 15 is 0 Å². The number of carbonyl (C=O) groups excluding carboxylic acids is 1. The van der Waals surface area contributed by atoms with Gasteiger partial charge in [-0.1, -0.05) is 41.9 Å². The van der Waals surface area contributed by atoms with Crippen LogP contribution in [0.15, 0.2) is 90.6 Å². The fourth-order valence-electron chi connectivity index (χ4n) is 3.49. The SMILES string of the molecule is C=CC(=O)NCCNS(=O)(=O)c1ccc(Cl)c(-c2cc(-c3ccccn3)nc(-c3ccccn3)c2)c1Cl. The molecule has 11 heteroatoms. The number of benzene rings is 1. The highest BCUT2D eigenvalue weighted by atomic mass is 35.5. The molecule has 0 radical (unpaired) electrons. The van der Waals surface area contributed by atoms with Gasteiger partial charge in [-0.15, -0.1) is 0 Å². The zero-order valence-corrected chi connectivity index (χ0v) is 21.7. The summed E-state index contributed by atoms with van der Waals surface area (Å²) < 4.78 is 28.5. The third-order valence-electron chi connectivity index (χ3n) is 5.22. The summed E-state index contributed by atoms with van der Waals surface area (Å²) >= 11 is 13.2. The van der Waals surface area contributed by atoms with Crippen LogP contribution >= 0.6 is 23.2 Å². The molecule has 3 heterocycles. The van der Waals surface area contributed by atoms with E-state index in [0.717, 1.165) is 6.08 Å². The molecule has 0 fully saturated rings. The highest BCUT2D eigenvalue weighted by Gasteiger charge is 2.23. The molecule has 0 saturated heterocycles. The summed E-state index contributed by atoms with van der Waals surface area (Å²) in [4.78, 5) is 24.6. The predicted octanol–water partition coefficient (Wildman–Crippen LogP) is 4.76. The van der Waals surface area contributed by atoms with Crippen molar-refractivity contribution >= 4 is 39.1 Å². The lowest BCUT2D eigenvalue weighted by atomic mass is 10.0. The van der Waals surface area contributed by atoms with Crippen molar-refractivity contribution in [3.8, 4) is 33.9 Å². The number of pyridine rings is 3. The fourth-order valence-corrected chi connectivity index (χ4v) is 5.50. The minimum atomic E-state index is -4.03. The summed E-state index contributed by atoms with van der Waals surface area (Å²) in [5.41, 5.74) is 3.16. The topological polar surface area (TPSA) is 114 Å². The summed E-state index contributed by atoms with van der Waals surface area (Å²) in [6.07, 6.45) is 4.41. The molecule has 4 aromatic rings. The molecule has 0 spiro atoms. The number of aromatic nitrogens is 3. The second kappa shape index (κ2) is 11.6. The molecular formula is C26H21Cl2N5O3S. The van der Waals surface area contributed by atoms with Crippen LogP contribution in [0.5, 0.6) is 0 Å². The molecule has 0 atom stereocenters. The van der Waals surface area contributed by atoms with Gasteiger partial charge in [0.25, 0.3) is 0 Å². The standard InChI is InChI=1S/C26H21Cl2N5O3S/c1-2-24(34)31-13-14-32-37(35,36)23-10-9-18(27)25(26(23)28)17-15-21(19-7-3-5-11-29-19)33-22(16-17)20-8-4-6-12-30-20/h2-12,15-16,32H,1,13-14H2,(H,31,34). The fraction of sp³-hybridized carbons (Fsp3) is 0.0769. The molecule has 3 aromatic heterocycles. The first-order valence-electron chi connectivity index (χ1n) is 11.0. The maximum absolute atomic E-state index is 13.0. The normalized spacial score (nSPS) is 11.2. The molecule has 8 nitrogen and oxygen atoms in total. The van der Waals surface area contributed by atoms with Gasteiger partial charge in [0.15, 0.2) is 0 Å². The molecule has 37 heavy (non-hydrogen) atoms. The molecule has 0 saturated carbocycles. The molecule has 188 valence electrons. The summed E-state index contributed by atoms with van der Waals surface area (Å²) in [5, 5.41) is 2.71. The Labute approximate surface area is 224 Å². The van der Waals surface area contributed by atoms with Crippen molar-refractivity contribution in [1.29, 1.82) is 0 Å². The first kappa shape index (κ1) is 26.4. The van der Waals surface area contributed by atoms with Gasteiger partial charge in [0.1, 0.15) is 4.90 Å². The third-order valence-corrected chi connectivity index (χ3v) is 7.54. The van der Waals surface area contributed by atoms with E-state index in [2.05, 4.69) is 26.6 Å². The summed E-state index contributed by atoms with van der Waals surface area (Å²) in [7, 11) is -4.03. The van der Waals surface area contributed by atoms with Crippen LogP contribution in [-0.2, 0) is 14.8 Å². The Morgan fingerprint density at radius 3 is 2.05 bits per heavy atom. The van der Waals surface area contributed by atoms with E-state index in [-0.39, 0.29) is 28.0 Å². The number of hydrogen-bond acceptors (Lipinski definition) is 6. The van der Waals surface area contributed by atoms with Crippen molar-refractivity contribution in [3.63, 3.8) is 0 Å². The number of nitrogens with zero attached hydrogens (tertiary/aromatic N) is 3. The summed E-state index contributed by atoms with van der Waals surface area (Å²) in [6.45, 7) is 3.39. The lowest BCUT2D eigenvalue weighted by Crippen LogP contribution is -2.34. The highest BCUT2D eigenvalue weighted by Crippen LogP contribution is 2.40.